The second-order valence-corrected chi connectivity index (χ2v) is 5.07. The first-order valence-electron chi connectivity index (χ1n) is 5.44. The molecule has 1 N–H and O–H groups in total. The molecule has 0 saturated heterocycles. The number of hydrogen-bond acceptors (Lipinski definition) is 5. The summed E-state index contributed by atoms with van der Waals surface area (Å²) in [5, 5.41) is 9.31. The molecule has 2 aromatic rings. The molecule has 1 aliphatic rings. The van der Waals surface area contributed by atoms with E-state index >= 15 is 0 Å². The van der Waals surface area contributed by atoms with Crippen molar-refractivity contribution >= 4 is 11.3 Å². The first-order valence-corrected chi connectivity index (χ1v) is 6.26. The van der Waals surface area contributed by atoms with Crippen LogP contribution in [0.15, 0.2) is 15.8 Å². The molecule has 7 heteroatoms. The predicted octanol–water partition coefficient (Wildman–Crippen LogP) is 0.343. The van der Waals surface area contributed by atoms with Gasteiger partial charge in [0.25, 0.3) is 5.56 Å². The molecular weight excluding hydrogens is 252 g/mol. The van der Waals surface area contributed by atoms with E-state index in [4.69, 9.17) is 5.26 Å². The van der Waals surface area contributed by atoms with Crippen molar-refractivity contribution in [3.05, 3.63) is 43.2 Å². The molecule has 0 aromatic carbocycles. The third-order valence-electron chi connectivity index (χ3n) is 2.85. The number of rotatable bonds is 1. The molecule has 18 heavy (non-hydrogen) atoms. The summed E-state index contributed by atoms with van der Waals surface area (Å²) in [7, 11) is 0. The van der Waals surface area contributed by atoms with Crippen LogP contribution in [0.25, 0.3) is 5.13 Å². The standard InChI is InChI=1S/C11H8N4O2S/c12-4-6-5-15(10(17)14-9(6)16)11-13-7-2-1-3-8(7)18-11/h5H,1-3H2,(H,14,16,17). The van der Waals surface area contributed by atoms with E-state index < -0.39 is 11.2 Å². The Hall–Kier alpha value is -2.20. The molecule has 0 saturated carbocycles. The van der Waals surface area contributed by atoms with Crippen molar-refractivity contribution in [2.24, 2.45) is 0 Å². The number of H-pyrrole nitrogens is 1. The predicted molar refractivity (Wildman–Crippen MR) is 65.1 cm³/mol. The maximum atomic E-state index is 11.7. The normalized spacial score (nSPS) is 13.3. The zero-order chi connectivity index (χ0) is 12.7. The van der Waals surface area contributed by atoms with Crippen molar-refractivity contribution in [3.8, 4) is 11.2 Å². The lowest BCUT2D eigenvalue weighted by Crippen LogP contribution is -2.30. The van der Waals surface area contributed by atoms with Gasteiger partial charge in [-0.2, -0.15) is 5.26 Å². The van der Waals surface area contributed by atoms with E-state index in [9.17, 15) is 9.59 Å². The van der Waals surface area contributed by atoms with Gasteiger partial charge < -0.3 is 0 Å². The molecule has 0 bridgehead atoms. The number of thiazole rings is 1. The minimum atomic E-state index is -0.664. The molecule has 0 unspecified atom stereocenters. The van der Waals surface area contributed by atoms with Gasteiger partial charge in [-0.15, -0.1) is 11.3 Å². The second-order valence-electron chi connectivity index (χ2n) is 4.00. The third kappa shape index (κ3) is 1.58. The lowest BCUT2D eigenvalue weighted by Gasteiger charge is -2.00. The van der Waals surface area contributed by atoms with Gasteiger partial charge in [0.15, 0.2) is 5.13 Å². The van der Waals surface area contributed by atoms with Gasteiger partial charge in [0.1, 0.15) is 11.6 Å². The number of aromatic nitrogens is 3. The van der Waals surface area contributed by atoms with Gasteiger partial charge >= 0.3 is 5.69 Å². The first-order chi connectivity index (χ1) is 8.69. The Kier molecular flexibility index (Phi) is 2.38. The Balaban J connectivity index is 2.20. The molecule has 0 spiro atoms. The van der Waals surface area contributed by atoms with Crippen LogP contribution in [0, 0.1) is 11.3 Å². The van der Waals surface area contributed by atoms with Gasteiger partial charge in [0, 0.05) is 11.1 Å². The molecule has 6 nitrogen and oxygen atoms in total. The van der Waals surface area contributed by atoms with Gasteiger partial charge in [-0.1, -0.05) is 0 Å². The van der Waals surface area contributed by atoms with Gasteiger partial charge in [-0.25, -0.2) is 14.3 Å². The van der Waals surface area contributed by atoms with Gasteiger partial charge in [0.2, 0.25) is 0 Å². The highest BCUT2D eigenvalue weighted by molar-refractivity contribution is 7.14. The Labute approximate surface area is 105 Å². The number of hydrogen-bond donors (Lipinski definition) is 1. The van der Waals surface area contributed by atoms with Gasteiger partial charge in [-0.05, 0) is 19.3 Å². The van der Waals surface area contributed by atoms with E-state index in [-0.39, 0.29) is 5.56 Å². The van der Waals surface area contributed by atoms with E-state index in [0.717, 1.165) is 25.0 Å². The van der Waals surface area contributed by atoms with Crippen molar-refractivity contribution in [1.82, 2.24) is 14.5 Å². The highest BCUT2D eigenvalue weighted by Crippen LogP contribution is 2.28. The van der Waals surface area contributed by atoms with Crippen LogP contribution in [0.2, 0.25) is 0 Å². The fraction of sp³-hybridized carbons (Fsp3) is 0.273. The highest BCUT2D eigenvalue weighted by atomic mass is 32.1. The lowest BCUT2D eigenvalue weighted by atomic mass is 10.4. The van der Waals surface area contributed by atoms with E-state index in [2.05, 4.69) is 9.97 Å². The molecule has 1 aliphatic carbocycles. The molecular formula is C11H8N4O2S. The summed E-state index contributed by atoms with van der Waals surface area (Å²) in [6, 6.07) is 1.76. The number of nitriles is 1. The number of nitrogens with zero attached hydrogens (tertiary/aromatic N) is 3. The Morgan fingerprint density at radius 3 is 3.00 bits per heavy atom. The average Bonchev–Trinajstić information content (AvgIpc) is 2.89. The maximum Gasteiger partial charge on any atom is 0.334 e. The molecule has 2 heterocycles. The Bertz CT molecular complexity index is 756. The van der Waals surface area contributed by atoms with Crippen LogP contribution in [0.1, 0.15) is 22.6 Å². The largest absolute Gasteiger partial charge is 0.334 e. The van der Waals surface area contributed by atoms with E-state index in [1.165, 1.54) is 27.0 Å². The summed E-state index contributed by atoms with van der Waals surface area (Å²) in [5.41, 5.74) is -0.300. The summed E-state index contributed by atoms with van der Waals surface area (Å²) in [4.78, 5) is 30.7. The molecule has 0 radical (unpaired) electrons. The van der Waals surface area contributed by atoms with Crippen molar-refractivity contribution < 1.29 is 0 Å². The summed E-state index contributed by atoms with van der Waals surface area (Å²) < 4.78 is 1.23. The number of aryl methyl sites for hydroxylation is 2. The van der Waals surface area contributed by atoms with Crippen LogP contribution in [0.5, 0.6) is 0 Å². The van der Waals surface area contributed by atoms with E-state index in [1.54, 1.807) is 6.07 Å². The fourth-order valence-electron chi connectivity index (χ4n) is 1.97. The van der Waals surface area contributed by atoms with E-state index in [1.807, 2.05) is 0 Å². The van der Waals surface area contributed by atoms with Crippen molar-refractivity contribution in [3.63, 3.8) is 0 Å². The smallest absolute Gasteiger partial charge is 0.272 e. The monoisotopic (exact) mass is 260 g/mol. The highest BCUT2D eigenvalue weighted by Gasteiger charge is 2.18. The maximum absolute atomic E-state index is 11.7. The van der Waals surface area contributed by atoms with Gasteiger partial charge in [-0.3, -0.25) is 9.78 Å². The number of aromatic amines is 1. The molecule has 90 valence electrons. The summed E-state index contributed by atoms with van der Waals surface area (Å²) >= 11 is 1.43. The summed E-state index contributed by atoms with van der Waals surface area (Å²) in [5.74, 6) is 0. The summed E-state index contributed by atoms with van der Waals surface area (Å²) in [6.45, 7) is 0. The van der Waals surface area contributed by atoms with Crippen LogP contribution in [-0.4, -0.2) is 14.5 Å². The second kappa shape index (κ2) is 3.92. The Morgan fingerprint density at radius 1 is 1.44 bits per heavy atom. The zero-order valence-electron chi connectivity index (χ0n) is 9.27. The van der Waals surface area contributed by atoms with E-state index in [0.29, 0.717) is 5.13 Å². The van der Waals surface area contributed by atoms with Crippen molar-refractivity contribution in [2.45, 2.75) is 19.3 Å². The van der Waals surface area contributed by atoms with Crippen LogP contribution in [0.4, 0.5) is 0 Å². The van der Waals surface area contributed by atoms with Crippen LogP contribution in [0.3, 0.4) is 0 Å². The fourth-order valence-corrected chi connectivity index (χ4v) is 3.09. The molecule has 3 rings (SSSR count). The number of fused-ring (bicyclic) bond motifs is 1. The SMILES string of the molecule is N#Cc1cn(-c2nc3c(s2)CCC3)c(=O)[nH]c1=O. The quantitative estimate of drug-likeness (QED) is 0.800. The van der Waals surface area contributed by atoms with Crippen LogP contribution >= 0.6 is 11.3 Å². The number of nitrogens with one attached hydrogen (secondary N) is 1. The minimum Gasteiger partial charge on any atom is -0.272 e. The lowest BCUT2D eigenvalue weighted by molar-refractivity contribution is 0.857. The topological polar surface area (TPSA) is 91.5 Å². The average molecular weight is 260 g/mol. The minimum absolute atomic E-state index is 0.0926. The molecule has 0 atom stereocenters. The third-order valence-corrected chi connectivity index (χ3v) is 4.01. The zero-order valence-corrected chi connectivity index (χ0v) is 10.1. The van der Waals surface area contributed by atoms with Gasteiger partial charge in [0.05, 0.1) is 5.69 Å². The summed E-state index contributed by atoms with van der Waals surface area (Å²) in [6.07, 6.45) is 4.25. The van der Waals surface area contributed by atoms with Crippen molar-refractivity contribution in [2.75, 3.05) is 0 Å². The van der Waals surface area contributed by atoms with Crippen molar-refractivity contribution in [1.29, 1.82) is 5.26 Å². The van der Waals surface area contributed by atoms with Crippen LogP contribution < -0.4 is 11.2 Å². The molecule has 0 aliphatic heterocycles. The Morgan fingerprint density at radius 2 is 2.28 bits per heavy atom. The first kappa shape index (κ1) is 10.9. The molecule has 0 fully saturated rings. The van der Waals surface area contributed by atoms with Crippen LogP contribution in [-0.2, 0) is 12.8 Å². The molecule has 0 amide bonds. The molecule has 2 aromatic heterocycles.